The van der Waals surface area contributed by atoms with Gasteiger partial charge in [-0.25, -0.2) is 0 Å². The number of benzene rings is 2. The third kappa shape index (κ3) is 4.11. The summed E-state index contributed by atoms with van der Waals surface area (Å²) in [4.78, 5) is 13.6. The maximum Gasteiger partial charge on any atom is 0.227 e. The minimum absolute atomic E-state index is 0.200. The molecule has 1 heterocycles. The SMILES string of the molecule is Cc1ccc(CNC(=S)Nc2ccc(N3CCCC3=O)cc2)cc1. The summed E-state index contributed by atoms with van der Waals surface area (Å²) in [6, 6.07) is 16.2. The van der Waals surface area contributed by atoms with E-state index in [0.29, 0.717) is 18.1 Å². The molecule has 2 aromatic rings. The van der Waals surface area contributed by atoms with Crippen LogP contribution in [0.15, 0.2) is 48.5 Å². The van der Waals surface area contributed by atoms with Crippen LogP contribution in [0.1, 0.15) is 24.0 Å². The first-order valence-corrected chi connectivity index (χ1v) is 8.53. The van der Waals surface area contributed by atoms with Crippen molar-refractivity contribution in [3.05, 3.63) is 59.7 Å². The lowest BCUT2D eigenvalue weighted by Crippen LogP contribution is -2.28. The molecule has 0 unspecified atom stereocenters. The number of rotatable bonds is 4. The molecule has 0 bridgehead atoms. The summed E-state index contributed by atoms with van der Waals surface area (Å²) in [5.74, 6) is 0.200. The maximum atomic E-state index is 11.8. The Hall–Kier alpha value is -2.40. The number of nitrogens with one attached hydrogen (secondary N) is 2. The molecule has 0 spiro atoms. The van der Waals surface area contributed by atoms with Crippen LogP contribution >= 0.6 is 12.2 Å². The predicted octanol–water partition coefficient (Wildman–Crippen LogP) is 3.61. The van der Waals surface area contributed by atoms with E-state index in [1.165, 1.54) is 11.1 Å². The number of thiocarbonyl (C=S) groups is 1. The molecule has 0 aromatic heterocycles. The number of anilines is 2. The van der Waals surface area contributed by atoms with Gasteiger partial charge in [-0.1, -0.05) is 29.8 Å². The van der Waals surface area contributed by atoms with Gasteiger partial charge in [-0.15, -0.1) is 0 Å². The third-order valence-electron chi connectivity index (χ3n) is 4.08. The number of aryl methyl sites for hydroxylation is 1. The normalized spacial score (nSPS) is 13.9. The van der Waals surface area contributed by atoms with Gasteiger partial charge in [-0.3, -0.25) is 4.79 Å². The van der Waals surface area contributed by atoms with Gasteiger partial charge in [0.05, 0.1) is 0 Å². The van der Waals surface area contributed by atoms with Gasteiger partial charge < -0.3 is 15.5 Å². The minimum Gasteiger partial charge on any atom is -0.358 e. The van der Waals surface area contributed by atoms with Crippen molar-refractivity contribution in [1.29, 1.82) is 0 Å². The molecule has 0 radical (unpaired) electrons. The second-order valence-corrected chi connectivity index (χ2v) is 6.40. The second kappa shape index (κ2) is 7.45. The Bertz CT molecular complexity index is 725. The van der Waals surface area contributed by atoms with E-state index in [4.69, 9.17) is 12.2 Å². The van der Waals surface area contributed by atoms with Gasteiger partial charge >= 0.3 is 0 Å². The molecule has 0 aliphatic carbocycles. The number of hydrogen-bond acceptors (Lipinski definition) is 2. The largest absolute Gasteiger partial charge is 0.358 e. The molecular weight excluding hydrogens is 318 g/mol. The number of hydrogen-bond donors (Lipinski definition) is 2. The van der Waals surface area contributed by atoms with Crippen LogP contribution in [0.2, 0.25) is 0 Å². The highest BCUT2D eigenvalue weighted by atomic mass is 32.1. The smallest absolute Gasteiger partial charge is 0.227 e. The quantitative estimate of drug-likeness (QED) is 0.835. The van der Waals surface area contributed by atoms with E-state index in [1.54, 1.807) is 0 Å². The van der Waals surface area contributed by atoms with E-state index in [9.17, 15) is 4.79 Å². The zero-order chi connectivity index (χ0) is 16.9. The van der Waals surface area contributed by atoms with Gasteiger partial charge in [0.15, 0.2) is 5.11 Å². The molecule has 1 amide bonds. The van der Waals surface area contributed by atoms with Gasteiger partial charge in [0.25, 0.3) is 0 Å². The van der Waals surface area contributed by atoms with Gasteiger partial charge in [0.2, 0.25) is 5.91 Å². The Kier molecular flexibility index (Phi) is 5.11. The van der Waals surface area contributed by atoms with Crippen molar-refractivity contribution in [2.24, 2.45) is 0 Å². The fourth-order valence-electron chi connectivity index (χ4n) is 2.71. The van der Waals surface area contributed by atoms with E-state index in [0.717, 1.165) is 24.3 Å². The van der Waals surface area contributed by atoms with Gasteiger partial charge in [-0.2, -0.15) is 0 Å². The van der Waals surface area contributed by atoms with E-state index in [1.807, 2.05) is 29.2 Å². The lowest BCUT2D eigenvalue weighted by atomic mass is 10.1. The molecule has 0 atom stereocenters. The molecule has 1 saturated heterocycles. The predicted molar refractivity (Wildman–Crippen MR) is 102 cm³/mol. The average molecular weight is 339 g/mol. The van der Waals surface area contributed by atoms with Crippen molar-refractivity contribution in [3.63, 3.8) is 0 Å². The van der Waals surface area contributed by atoms with E-state index >= 15 is 0 Å². The standard InChI is InChI=1S/C19H21N3OS/c1-14-4-6-15(7-5-14)13-20-19(24)21-16-8-10-17(11-9-16)22-12-2-3-18(22)23/h4-11H,2-3,12-13H2,1H3,(H2,20,21,24). The molecule has 2 N–H and O–H groups in total. The van der Waals surface area contributed by atoms with Crippen LogP contribution in [0.3, 0.4) is 0 Å². The van der Waals surface area contributed by atoms with Crippen molar-refractivity contribution >= 4 is 34.6 Å². The Morgan fingerprint density at radius 2 is 1.83 bits per heavy atom. The minimum atomic E-state index is 0.200. The average Bonchev–Trinajstić information content (AvgIpc) is 3.01. The molecule has 3 rings (SSSR count). The fraction of sp³-hybridized carbons (Fsp3) is 0.263. The zero-order valence-electron chi connectivity index (χ0n) is 13.7. The van der Waals surface area contributed by atoms with E-state index in [-0.39, 0.29) is 5.91 Å². The zero-order valence-corrected chi connectivity index (χ0v) is 14.5. The second-order valence-electron chi connectivity index (χ2n) is 5.99. The summed E-state index contributed by atoms with van der Waals surface area (Å²) in [6.45, 7) is 3.57. The lowest BCUT2D eigenvalue weighted by Gasteiger charge is -2.16. The molecule has 2 aromatic carbocycles. The molecule has 124 valence electrons. The van der Waals surface area contributed by atoms with Crippen LogP contribution in [0.4, 0.5) is 11.4 Å². The highest BCUT2D eigenvalue weighted by Crippen LogP contribution is 2.22. The van der Waals surface area contributed by atoms with Crippen molar-refractivity contribution in [3.8, 4) is 0 Å². The monoisotopic (exact) mass is 339 g/mol. The third-order valence-corrected chi connectivity index (χ3v) is 4.33. The first kappa shape index (κ1) is 16.5. The summed E-state index contributed by atoms with van der Waals surface area (Å²) in [5, 5.41) is 6.95. The van der Waals surface area contributed by atoms with Crippen LogP contribution in [0.25, 0.3) is 0 Å². The Morgan fingerprint density at radius 3 is 2.46 bits per heavy atom. The van der Waals surface area contributed by atoms with Crippen LogP contribution in [-0.2, 0) is 11.3 Å². The Labute approximate surface area is 147 Å². The Morgan fingerprint density at radius 1 is 1.12 bits per heavy atom. The Balaban J connectivity index is 1.52. The lowest BCUT2D eigenvalue weighted by molar-refractivity contribution is -0.117. The summed E-state index contributed by atoms with van der Waals surface area (Å²) >= 11 is 5.33. The first-order valence-electron chi connectivity index (χ1n) is 8.13. The number of amides is 1. The summed E-state index contributed by atoms with van der Waals surface area (Å²) in [6.07, 6.45) is 1.58. The topological polar surface area (TPSA) is 44.4 Å². The fourth-order valence-corrected chi connectivity index (χ4v) is 2.90. The van der Waals surface area contributed by atoms with Gasteiger partial charge in [-0.05, 0) is 55.4 Å². The van der Waals surface area contributed by atoms with Crippen LogP contribution in [0.5, 0.6) is 0 Å². The molecule has 24 heavy (non-hydrogen) atoms. The summed E-state index contributed by atoms with van der Waals surface area (Å²) in [5.41, 5.74) is 4.29. The molecule has 1 aliphatic rings. The van der Waals surface area contributed by atoms with Crippen LogP contribution in [0, 0.1) is 6.92 Å². The van der Waals surface area contributed by atoms with Crippen molar-refractivity contribution in [2.45, 2.75) is 26.3 Å². The van der Waals surface area contributed by atoms with Gasteiger partial charge in [0, 0.05) is 30.9 Å². The van der Waals surface area contributed by atoms with Crippen molar-refractivity contribution in [2.75, 3.05) is 16.8 Å². The van der Waals surface area contributed by atoms with E-state index < -0.39 is 0 Å². The van der Waals surface area contributed by atoms with Gasteiger partial charge in [0.1, 0.15) is 0 Å². The van der Waals surface area contributed by atoms with Crippen LogP contribution in [-0.4, -0.2) is 17.6 Å². The molecule has 1 fully saturated rings. The number of carbonyl (C=O) groups excluding carboxylic acids is 1. The number of nitrogens with zero attached hydrogens (tertiary/aromatic N) is 1. The summed E-state index contributed by atoms with van der Waals surface area (Å²) in [7, 11) is 0. The summed E-state index contributed by atoms with van der Waals surface area (Å²) < 4.78 is 0. The molecule has 0 saturated carbocycles. The highest BCUT2D eigenvalue weighted by Gasteiger charge is 2.21. The van der Waals surface area contributed by atoms with Crippen molar-refractivity contribution in [1.82, 2.24) is 5.32 Å². The molecular formula is C19H21N3OS. The van der Waals surface area contributed by atoms with E-state index in [2.05, 4.69) is 41.8 Å². The number of carbonyl (C=O) groups is 1. The highest BCUT2D eigenvalue weighted by molar-refractivity contribution is 7.80. The van der Waals surface area contributed by atoms with Crippen LogP contribution < -0.4 is 15.5 Å². The first-order chi connectivity index (χ1) is 11.6. The molecule has 1 aliphatic heterocycles. The molecule has 4 nitrogen and oxygen atoms in total. The molecule has 5 heteroatoms. The van der Waals surface area contributed by atoms with Crippen molar-refractivity contribution < 1.29 is 4.79 Å². The maximum absolute atomic E-state index is 11.8.